The highest BCUT2D eigenvalue weighted by Gasteiger charge is 2.29. The summed E-state index contributed by atoms with van der Waals surface area (Å²) in [5.74, 6) is 0.138. The van der Waals surface area contributed by atoms with Crippen molar-refractivity contribution in [3.05, 3.63) is 63.6 Å². The molecule has 2 amide bonds. The monoisotopic (exact) mass is 390 g/mol. The molecular weight excluding hydrogens is 371 g/mol. The Morgan fingerprint density at radius 1 is 1.12 bits per heavy atom. The number of carbonyl (C=O) groups excluding carboxylic acids is 2. The van der Waals surface area contributed by atoms with Crippen LogP contribution >= 0.6 is 23.2 Å². The van der Waals surface area contributed by atoms with E-state index in [4.69, 9.17) is 23.2 Å². The summed E-state index contributed by atoms with van der Waals surface area (Å²) in [4.78, 5) is 24.0. The van der Waals surface area contributed by atoms with Gasteiger partial charge >= 0.3 is 0 Å². The number of halogens is 2. The molecule has 0 heterocycles. The van der Waals surface area contributed by atoms with Crippen molar-refractivity contribution >= 4 is 40.7 Å². The number of nitrogens with one attached hydrogen (secondary N) is 2. The number of benzene rings is 2. The van der Waals surface area contributed by atoms with Crippen molar-refractivity contribution in [2.24, 2.45) is 5.92 Å². The molecule has 2 N–H and O–H groups in total. The normalized spacial score (nSPS) is 14.6. The van der Waals surface area contributed by atoms with Crippen LogP contribution in [0.25, 0.3) is 0 Å². The van der Waals surface area contributed by atoms with Crippen LogP contribution in [-0.2, 0) is 16.0 Å². The van der Waals surface area contributed by atoms with Crippen molar-refractivity contribution in [1.29, 1.82) is 0 Å². The maximum atomic E-state index is 12.3. The second-order valence-electron chi connectivity index (χ2n) is 6.59. The maximum absolute atomic E-state index is 12.3. The fourth-order valence-electron chi connectivity index (χ4n) is 2.66. The van der Waals surface area contributed by atoms with Crippen molar-refractivity contribution < 1.29 is 9.59 Å². The van der Waals surface area contributed by atoms with Crippen LogP contribution in [0.15, 0.2) is 42.5 Å². The van der Waals surface area contributed by atoms with Crippen LogP contribution in [0.1, 0.15) is 36.9 Å². The van der Waals surface area contributed by atoms with E-state index < -0.39 is 0 Å². The smallest absolute Gasteiger partial charge is 0.227 e. The van der Waals surface area contributed by atoms with Gasteiger partial charge in [-0.3, -0.25) is 9.59 Å². The predicted molar refractivity (Wildman–Crippen MR) is 105 cm³/mol. The van der Waals surface area contributed by atoms with Gasteiger partial charge in [0, 0.05) is 21.7 Å². The highest BCUT2D eigenvalue weighted by Crippen LogP contribution is 2.30. The van der Waals surface area contributed by atoms with E-state index in [9.17, 15) is 9.59 Å². The Kier molecular flexibility index (Phi) is 5.84. The number of carbonyl (C=O) groups is 2. The Hall–Kier alpha value is -2.04. The molecule has 0 radical (unpaired) electrons. The minimum atomic E-state index is -0.151. The summed E-state index contributed by atoms with van der Waals surface area (Å²) in [6.07, 6.45) is 2.14. The standard InChI is InChI=1S/C20H20Cl2N2O2/c1-12(23-19(25)10-15-4-7-16(21)11-18(15)22)13-5-8-17(9-6-13)24-20(26)14-2-3-14/h4-9,11-12,14H,2-3,10H2,1H3,(H,23,25)(H,24,26). The fraction of sp³-hybridized carbons (Fsp3) is 0.300. The van der Waals surface area contributed by atoms with Crippen LogP contribution in [0.2, 0.25) is 10.0 Å². The molecule has 0 spiro atoms. The summed E-state index contributed by atoms with van der Waals surface area (Å²) < 4.78 is 0. The number of rotatable bonds is 6. The third-order valence-corrected chi connectivity index (χ3v) is 4.96. The SMILES string of the molecule is CC(NC(=O)Cc1ccc(Cl)cc1Cl)c1ccc(NC(=O)C2CC2)cc1. The van der Waals surface area contributed by atoms with Crippen LogP contribution in [-0.4, -0.2) is 11.8 Å². The van der Waals surface area contributed by atoms with Gasteiger partial charge in [-0.2, -0.15) is 0 Å². The minimum Gasteiger partial charge on any atom is -0.349 e. The first-order valence-electron chi connectivity index (χ1n) is 8.56. The van der Waals surface area contributed by atoms with E-state index in [1.54, 1.807) is 18.2 Å². The third-order valence-electron chi connectivity index (χ3n) is 4.37. The van der Waals surface area contributed by atoms with E-state index in [0.717, 1.165) is 29.7 Å². The maximum Gasteiger partial charge on any atom is 0.227 e. The van der Waals surface area contributed by atoms with Crippen molar-refractivity contribution in [2.45, 2.75) is 32.2 Å². The Morgan fingerprint density at radius 2 is 1.81 bits per heavy atom. The van der Waals surface area contributed by atoms with Gasteiger partial charge in [-0.15, -0.1) is 0 Å². The molecule has 1 aliphatic carbocycles. The van der Waals surface area contributed by atoms with E-state index in [0.29, 0.717) is 10.0 Å². The van der Waals surface area contributed by atoms with Gasteiger partial charge in [-0.25, -0.2) is 0 Å². The molecule has 0 saturated heterocycles. The molecule has 3 rings (SSSR count). The zero-order valence-electron chi connectivity index (χ0n) is 14.4. The Morgan fingerprint density at radius 3 is 2.42 bits per heavy atom. The molecule has 2 aromatic carbocycles. The van der Waals surface area contributed by atoms with Crippen LogP contribution in [0.4, 0.5) is 5.69 Å². The molecule has 1 saturated carbocycles. The average molecular weight is 391 g/mol. The van der Waals surface area contributed by atoms with Crippen molar-refractivity contribution in [2.75, 3.05) is 5.32 Å². The third kappa shape index (κ3) is 4.99. The van der Waals surface area contributed by atoms with E-state index in [-0.39, 0.29) is 30.2 Å². The number of amides is 2. The van der Waals surface area contributed by atoms with Crippen LogP contribution in [0.3, 0.4) is 0 Å². The van der Waals surface area contributed by atoms with E-state index in [2.05, 4.69) is 10.6 Å². The molecule has 1 unspecified atom stereocenters. The van der Waals surface area contributed by atoms with Gasteiger partial charge in [0.1, 0.15) is 0 Å². The largest absolute Gasteiger partial charge is 0.349 e. The van der Waals surface area contributed by atoms with E-state index in [1.807, 2.05) is 31.2 Å². The Labute approximate surface area is 162 Å². The lowest BCUT2D eigenvalue weighted by Gasteiger charge is -2.15. The summed E-state index contributed by atoms with van der Waals surface area (Å²) in [7, 11) is 0. The minimum absolute atomic E-state index is 0.0824. The van der Waals surface area contributed by atoms with Crippen LogP contribution in [0, 0.1) is 5.92 Å². The van der Waals surface area contributed by atoms with Crippen molar-refractivity contribution in [3.63, 3.8) is 0 Å². The molecule has 136 valence electrons. The molecular formula is C20H20Cl2N2O2. The number of hydrogen-bond acceptors (Lipinski definition) is 2. The number of anilines is 1. The predicted octanol–water partition coefficient (Wildman–Crippen LogP) is 4.76. The second kappa shape index (κ2) is 8.11. The quantitative estimate of drug-likeness (QED) is 0.746. The molecule has 4 nitrogen and oxygen atoms in total. The van der Waals surface area contributed by atoms with E-state index >= 15 is 0 Å². The summed E-state index contributed by atoms with van der Waals surface area (Å²) in [6, 6.07) is 12.5. The molecule has 0 aromatic heterocycles. The molecule has 1 fully saturated rings. The molecule has 6 heteroatoms. The summed E-state index contributed by atoms with van der Waals surface area (Å²) in [5, 5.41) is 6.88. The summed E-state index contributed by atoms with van der Waals surface area (Å²) >= 11 is 12.0. The highest BCUT2D eigenvalue weighted by atomic mass is 35.5. The Balaban J connectivity index is 1.55. The zero-order valence-corrected chi connectivity index (χ0v) is 15.9. The highest BCUT2D eigenvalue weighted by molar-refractivity contribution is 6.35. The lowest BCUT2D eigenvalue weighted by Crippen LogP contribution is -2.28. The first kappa shape index (κ1) is 18.7. The average Bonchev–Trinajstić information content (AvgIpc) is 3.43. The van der Waals surface area contributed by atoms with Gasteiger partial charge in [0.2, 0.25) is 11.8 Å². The van der Waals surface area contributed by atoms with Crippen LogP contribution in [0.5, 0.6) is 0 Å². The van der Waals surface area contributed by atoms with Gasteiger partial charge in [-0.05, 0) is 55.2 Å². The summed E-state index contributed by atoms with van der Waals surface area (Å²) in [6.45, 7) is 1.92. The topological polar surface area (TPSA) is 58.2 Å². The van der Waals surface area contributed by atoms with Gasteiger partial charge in [0.05, 0.1) is 12.5 Å². The molecule has 1 aliphatic rings. The lowest BCUT2D eigenvalue weighted by atomic mass is 10.1. The molecule has 26 heavy (non-hydrogen) atoms. The molecule has 0 bridgehead atoms. The molecule has 2 aromatic rings. The lowest BCUT2D eigenvalue weighted by molar-refractivity contribution is -0.121. The van der Waals surface area contributed by atoms with Crippen molar-refractivity contribution in [1.82, 2.24) is 5.32 Å². The van der Waals surface area contributed by atoms with Gasteiger partial charge < -0.3 is 10.6 Å². The van der Waals surface area contributed by atoms with Crippen LogP contribution < -0.4 is 10.6 Å². The summed E-state index contributed by atoms with van der Waals surface area (Å²) in [5.41, 5.74) is 2.47. The fourth-order valence-corrected chi connectivity index (χ4v) is 3.13. The Bertz CT molecular complexity index is 817. The molecule has 1 atom stereocenters. The zero-order chi connectivity index (χ0) is 18.7. The van der Waals surface area contributed by atoms with Crippen molar-refractivity contribution in [3.8, 4) is 0 Å². The molecule has 0 aliphatic heterocycles. The first-order valence-corrected chi connectivity index (χ1v) is 9.32. The second-order valence-corrected chi connectivity index (χ2v) is 7.43. The van der Waals surface area contributed by atoms with Gasteiger partial charge in [0.15, 0.2) is 0 Å². The first-order chi connectivity index (χ1) is 12.4. The van der Waals surface area contributed by atoms with E-state index in [1.165, 1.54) is 0 Å². The van der Waals surface area contributed by atoms with Gasteiger partial charge in [0.25, 0.3) is 0 Å². The number of hydrogen-bond donors (Lipinski definition) is 2. The van der Waals surface area contributed by atoms with Gasteiger partial charge in [-0.1, -0.05) is 41.4 Å².